The maximum absolute atomic E-state index is 12.9. The molecule has 0 amide bonds. The molecular formula is C44H36O2P2. The lowest BCUT2D eigenvalue weighted by Crippen LogP contribution is -2.02. The third-order valence-corrected chi connectivity index (χ3v) is 12.8. The quantitative estimate of drug-likeness (QED) is 0.136. The molecule has 8 aromatic rings. The van der Waals surface area contributed by atoms with Crippen LogP contribution in [0.4, 0.5) is 0 Å². The molecule has 0 spiro atoms. The SMILES string of the molecule is CP(C)(=O)c1ccc(-c2c3ccccc3c(-c3c4ccccc4c(-c4ccc(P(C)(C)=O)cc4)c4ccccc34)c3ccccc23)cc1. The van der Waals surface area contributed by atoms with Crippen LogP contribution in [0.25, 0.3) is 76.5 Å². The van der Waals surface area contributed by atoms with E-state index < -0.39 is 14.3 Å². The zero-order valence-electron chi connectivity index (χ0n) is 27.6. The third kappa shape index (κ3) is 5.03. The van der Waals surface area contributed by atoms with Gasteiger partial charge in [-0.05, 0) is 103 Å². The summed E-state index contributed by atoms with van der Waals surface area (Å²) in [6.07, 6.45) is 0. The predicted octanol–water partition coefficient (Wildman–Crippen LogP) is 11.8. The van der Waals surface area contributed by atoms with Crippen LogP contribution >= 0.6 is 14.3 Å². The topological polar surface area (TPSA) is 34.1 Å². The Bertz CT molecular complexity index is 2340. The molecule has 2 nitrogen and oxygen atoms in total. The molecular weight excluding hydrogens is 622 g/mol. The first kappa shape index (κ1) is 30.6. The summed E-state index contributed by atoms with van der Waals surface area (Å²) < 4.78 is 25.7. The fraction of sp³-hybridized carbons (Fsp3) is 0.0909. The first-order valence-electron chi connectivity index (χ1n) is 16.3. The largest absolute Gasteiger partial charge is 0.319 e. The van der Waals surface area contributed by atoms with Gasteiger partial charge in [0.2, 0.25) is 0 Å². The second kappa shape index (κ2) is 11.5. The van der Waals surface area contributed by atoms with E-state index >= 15 is 0 Å². The highest BCUT2D eigenvalue weighted by atomic mass is 31.2. The fourth-order valence-electron chi connectivity index (χ4n) is 7.39. The van der Waals surface area contributed by atoms with Crippen molar-refractivity contribution in [1.29, 1.82) is 0 Å². The van der Waals surface area contributed by atoms with Gasteiger partial charge >= 0.3 is 0 Å². The van der Waals surface area contributed by atoms with Gasteiger partial charge in [0.25, 0.3) is 0 Å². The zero-order valence-corrected chi connectivity index (χ0v) is 29.4. The molecule has 0 aromatic heterocycles. The molecule has 0 fully saturated rings. The van der Waals surface area contributed by atoms with E-state index in [0.717, 1.165) is 21.7 Å². The highest BCUT2D eigenvalue weighted by molar-refractivity contribution is 7.70. The molecule has 0 atom stereocenters. The molecule has 0 aliphatic carbocycles. The molecule has 0 aliphatic rings. The number of fused-ring (bicyclic) bond motifs is 4. The molecule has 0 aliphatic heterocycles. The van der Waals surface area contributed by atoms with Crippen molar-refractivity contribution in [3.63, 3.8) is 0 Å². The molecule has 234 valence electrons. The van der Waals surface area contributed by atoms with E-state index in [1.165, 1.54) is 65.3 Å². The summed E-state index contributed by atoms with van der Waals surface area (Å²) in [5, 5.41) is 11.3. The molecule has 0 bridgehead atoms. The van der Waals surface area contributed by atoms with Gasteiger partial charge in [0.15, 0.2) is 0 Å². The van der Waals surface area contributed by atoms with Crippen molar-refractivity contribution in [2.45, 2.75) is 0 Å². The summed E-state index contributed by atoms with van der Waals surface area (Å²) in [5.41, 5.74) is 7.05. The van der Waals surface area contributed by atoms with Crippen molar-refractivity contribution < 1.29 is 9.13 Å². The third-order valence-electron chi connectivity index (χ3n) is 9.67. The summed E-state index contributed by atoms with van der Waals surface area (Å²) in [6.45, 7) is 7.30. The Morgan fingerprint density at radius 2 is 0.500 bits per heavy atom. The summed E-state index contributed by atoms with van der Waals surface area (Å²) in [7, 11) is -4.74. The maximum atomic E-state index is 12.9. The Kier molecular flexibility index (Phi) is 7.30. The van der Waals surface area contributed by atoms with Crippen molar-refractivity contribution in [3.05, 3.63) is 146 Å². The van der Waals surface area contributed by atoms with Crippen LogP contribution in [0.1, 0.15) is 0 Å². The molecule has 0 saturated carbocycles. The predicted molar refractivity (Wildman–Crippen MR) is 211 cm³/mol. The van der Waals surface area contributed by atoms with Crippen LogP contribution in [0.2, 0.25) is 0 Å². The summed E-state index contributed by atoms with van der Waals surface area (Å²) in [4.78, 5) is 0. The fourth-order valence-corrected chi connectivity index (χ4v) is 9.13. The second-order valence-electron chi connectivity index (χ2n) is 13.5. The highest BCUT2D eigenvalue weighted by Crippen LogP contribution is 2.50. The molecule has 0 N–H and O–H groups in total. The summed E-state index contributed by atoms with van der Waals surface area (Å²) >= 11 is 0. The molecule has 0 unspecified atom stereocenters. The number of rotatable bonds is 5. The zero-order chi connectivity index (χ0) is 33.2. The number of hydrogen-bond donors (Lipinski definition) is 0. The monoisotopic (exact) mass is 658 g/mol. The maximum Gasteiger partial charge on any atom is 0.109 e. The molecule has 0 radical (unpaired) electrons. The number of hydrogen-bond acceptors (Lipinski definition) is 2. The van der Waals surface area contributed by atoms with Crippen molar-refractivity contribution in [2.24, 2.45) is 0 Å². The van der Waals surface area contributed by atoms with Crippen LogP contribution in [0.5, 0.6) is 0 Å². The van der Waals surface area contributed by atoms with Crippen molar-refractivity contribution >= 4 is 68.0 Å². The Hall–Kier alpha value is -4.74. The average Bonchev–Trinajstić information content (AvgIpc) is 3.09. The minimum Gasteiger partial charge on any atom is -0.319 e. The van der Waals surface area contributed by atoms with Crippen LogP contribution in [0.15, 0.2) is 146 Å². The lowest BCUT2D eigenvalue weighted by molar-refractivity contribution is 0.587. The molecule has 8 rings (SSSR count). The van der Waals surface area contributed by atoms with Crippen LogP contribution in [0.3, 0.4) is 0 Å². The average molecular weight is 659 g/mol. The van der Waals surface area contributed by atoms with E-state index in [1.54, 1.807) is 0 Å². The van der Waals surface area contributed by atoms with Crippen LogP contribution in [-0.4, -0.2) is 26.7 Å². The van der Waals surface area contributed by atoms with Gasteiger partial charge in [0.1, 0.15) is 14.3 Å². The molecule has 0 heterocycles. The van der Waals surface area contributed by atoms with Crippen molar-refractivity contribution in [1.82, 2.24) is 0 Å². The Labute approximate surface area is 281 Å². The minimum atomic E-state index is -2.37. The van der Waals surface area contributed by atoms with Crippen LogP contribution < -0.4 is 10.6 Å². The Morgan fingerprint density at radius 1 is 0.292 bits per heavy atom. The van der Waals surface area contributed by atoms with E-state index in [9.17, 15) is 9.13 Å². The lowest BCUT2D eigenvalue weighted by Gasteiger charge is -2.22. The standard InChI is InChI=1S/C44H36O2P2/c1-47(2,45)31-25-21-29(22-26-31)41-33-13-5-9-17-37(33)43(38-18-10-6-14-34(38)41)44-39-19-11-7-15-35(39)42(36-16-8-12-20-40(36)44)30-23-27-32(28-24-30)48(3,4)46/h5-28H,1-4H3. The van der Waals surface area contributed by atoms with Crippen LogP contribution in [-0.2, 0) is 9.13 Å². The highest BCUT2D eigenvalue weighted by Gasteiger charge is 2.23. The first-order valence-corrected chi connectivity index (χ1v) is 21.5. The summed E-state index contributed by atoms with van der Waals surface area (Å²) in [5.74, 6) is 0. The lowest BCUT2D eigenvalue weighted by atomic mass is 9.81. The molecule has 8 aromatic carbocycles. The summed E-state index contributed by atoms with van der Waals surface area (Å²) in [6, 6.07) is 51.6. The van der Waals surface area contributed by atoms with Gasteiger partial charge in [-0.2, -0.15) is 0 Å². The van der Waals surface area contributed by atoms with Gasteiger partial charge in [0, 0.05) is 10.6 Å². The molecule has 0 saturated heterocycles. The van der Waals surface area contributed by atoms with Crippen LogP contribution in [0, 0.1) is 0 Å². The van der Waals surface area contributed by atoms with Crippen molar-refractivity contribution in [2.75, 3.05) is 26.7 Å². The second-order valence-corrected chi connectivity index (χ2v) is 19.9. The van der Waals surface area contributed by atoms with Gasteiger partial charge in [-0.3, -0.25) is 0 Å². The van der Waals surface area contributed by atoms with Gasteiger partial charge in [-0.25, -0.2) is 0 Å². The molecule has 48 heavy (non-hydrogen) atoms. The van der Waals surface area contributed by atoms with E-state index in [-0.39, 0.29) is 0 Å². The van der Waals surface area contributed by atoms with E-state index in [1.807, 2.05) is 50.9 Å². The van der Waals surface area contributed by atoms with E-state index in [4.69, 9.17) is 0 Å². The van der Waals surface area contributed by atoms with Crippen molar-refractivity contribution in [3.8, 4) is 33.4 Å². The van der Waals surface area contributed by atoms with Gasteiger partial charge < -0.3 is 9.13 Å². The Morgan fingerprint density at radius 3 is 0.708 bits per heavy atom. The van der Waals surface area contributed by atoms with E-state index in [2.05, 4.69) is 121 Å². The Balaban J connectivity index is 1.49. The minimum absolute atomic E-state index is 0.891. The number of benzene rings is 8. The van der Waals surface area contributed by atoms with Gasteiger partial charge in [0.05, 0.1) is 0 Å². The smallest absolute Gasteiger partial charge is 0.109 e. The first-order chi connectivity index (χ1) is 23.1. The van der Waals surface area contributed by atoms with E-state index in [0.29, 0.717) is 0 Å². The van der Waals surface area contributed by atoms with Gasteiger partial charge in [-0.1, -0.05) is 146 Å². The normalized spacial score (nSPS) is 12.3. The van der Waals surface area contributed by atoms with Gasteiger partial charge in [-0.15, -0.1) is 0 Å². The molecule has 4 heteroatoms.